The maximum atomic E-state index is 12.9. The summed E-state index contributed by atoms with van der Waals surface area (Å²) in [6, 6.07) is 9.03. The van der Waals surface area contributed by atoms with Crippen molar-refractivity contribution in [3.05, 3.63) is 82.3 Å². The molecule has 1 N–H and O–H groups in total. The minimum atomic E-state index is -4.54. The van der Waals surface area contributed by atoms with E-state index in [2.05, 4.69) is 15.3 Å². The van der Waals surface area contributed by atoms with Crippen molar-refractivity contribution in [1.29, 1.82) is 0 Å². The molecule has 0 spiro atoms. The Morgan fingerprint density at radius 1 is 0.828 bits per heavy atom. The van der Waals surface area contributed by atoms with Crippen molar-refractivity contribution in [2.45, 2.75) is 18.8 Å². The van der Waals surface area contributed by atoms with Crippen LogP contribution in [0.25, 0.3) is 0 Å². The summed E-state index contributed by atoms with van der Waals surface area (Å²) < 4.78 is 77.2. The fraction of sp³-hybridized carbons (Fsp3) is 0.158. The highest BCUT2D eigenvalue weighted by Crippen LogP contribution is 2.35. The predicted octanol–water partition coefficient (Wildman–Crippen LogP) is 6.50. The number of anilines is 2. The first-order valence-corrected chi connectivity index (χ1v) is 8.51. The van der Waals surface area contributed by atoms with Gasteiger partial charge < -0.3 is 5.32 Å². The molecule has 0 aliphatic rings. The Balaban J connectivity index is 1.82. The van der Waals surface area contributed by atoms with Crippen molar-refractivity contribution in [1.82, 2.24) is 9.97 Å². The van der Waals surface area contributed by atoms with Crippen molar-refractivity contribution in [2.24, 2.45) is 0 Å². The molecule has 0 saturated heterocycles. The van der Waals surface area contributed by atoms with Crippen LogP contribution >= 0.6 is 11.6 Å². The van der Waals surface area contributed by atoms with Gasteiger partial charge in [0.1, 0.15) is 12.1 Å². The molecule has 2 aromatic carbocycles. The van der Waals surface area contributed by atoms with Gasteiger partial charge in [-0.05, 0) is 29.8 Å². The molecule has 3 nitrogen and oxygen atoms in total. The zero-order valence-electron chi connectivity index (χ0n) is 14.4. The minimum absolute atomic E-state index is 0.00906. The highest BCUT2D eigenvalue weighted by atomic mass is 35.5. The molecule has 10 heteroatoms. The lowest BCUT2D eigenvalue weighted by molar-refractivity contribution is -0.138. The second kappa shape index (κ2) is 7.90. The van der Waals surface area contributed by atoms with Crippen LogP contribution < -0.4 is 5.32 Å². The summed E-state index contributed by atoms with van der Waals surface area (Å²) in [4.78, 5) is 7.93. The summed E-state index contributed by atoms with van der Waals surface area (Å²) in [5.41, 5.74) is -0.919. The predicted molar refractivity (Wildman–Crippen MR) is 96.0 cm³/mol. The summed E-state index contributed by atoms with van der Waals surface area (Å²) in [5, 5.41) is 2.74. The van der Waals surface area contributed by atoms with Crippen LogP contribution in [0, 0.1) is 0 Å². The molecular formula is C19H12ClF6N3. The molecule has 0 atom stereocenters. The maximum absolute atomic E-state index is 12.9. The Bertz CT molecular complexity index is 1020. The number of hydrogen-bond acceptors (Lipinski definition) is 3. The number of benzene rings is 2. The number of alkyl halides is 6. The molecule has 0 bridgehead atoms. The Labute approximate surface area is 166 Å². The summed E-state index contributed by atoms with van der Waals surface area (Å²) >= 11 is 5.95. The van der Waals surface area contributed by atoms with Gasteiger partial charge >= 0.3 is 12.4 Å². The van der Waals surface area contributed by atoms with Gasteiger partial charge in [-0.3, -0.25) is 0 Å². The number of rotatable bonds is 4. The van der Waals surface area contributed by atoms with Gasteiger partial charge in [0.25, 0.3) is 0 Å². The third-order valence-electron chi connectivity index (χ3n) is 3.92. The maximum Gasteiger partial charge on any atom is 0.416 e. The lowest BCUT2D eigenvalue weighted by Crippen LogP contribution is -2.06. The number of halogens is 7. The first kappa shape index (κ1) is 20.9. The quantitative estimate of drug-likeness (QED) is 0.479. The van der Waals surface area contributed by atoms with Crippen LogP contribution in [0.5, 0.6) is 0 Å². The second-order valence-corrected chi connectivity index (χ2v) is 6.49. The molecule has 0 saturated carbocycles. The monoisotopic (exact) mass is 431 g/mol. The second-order valence-electron chi connectivity index (χ2n) is 6.09. The SMILES string of the molecule is FC(F)(F)c1cccc(Cc2cc(Nc3cc(C(F)(F)F)ccc3Cl)ncn2)c1. The van der Waals surface area contributed by atoms with E-state index >= 15 is 0 Å². The third kappa shape index (κ3) is 5.38. The van der Waals surface area contributed by atoms with Crippen molar-refractivity contribution >= 4 is 23.1 Å². The van der Waals surface area contributed by atoms with Crippen LogP contribution in [0.2, 0.25) is 5.02 Å². The number of hydrogen-bond donors (Lipinski definition) is 1. The lowest BCUT2D eigenvalue weighted by Gasteiger charge is -2.12. The van der Waals surface area contributed by atoms with Crippen LogP contribution in [-0.4, -0.2) is 9.97 Å². The first-order valence-electron chi connectivity index (χ1n) is 8.13. The van der Waals surface area contributed by atoms with Crippen LogP contribution in [0.1, 0.15) is 22.4 Å². The van der Waals surface area contributed by atoms with Crippen LogP contribution in [0.3, 0.4) is 0 Å². The first-order chi connectivity index (χ1) is 13.5. The topological polar surface area (TPSA) is 37.8 Å². The largest absolute Gasteiger partial charge is 0.416 e. The summed E-state index contributed by atoms with van der Waals surface area (Å²) in [6.07, 6.45) is -7.76. The molecular weight excluding hydrogens is 420 g/mol. The molecule has 3 rings (SSSR count). The van der Waals surface area contributed by atoms with Crippen LogP contribution in [-0.2, 0) is 18.8 Å². The number of nitrogens with zero attached hydrogens (tertiary/aromatic N) is 2. The fourth-order valence-electron chi connectivity index (χ4n) is 2.56. The van der Waals surface area contributed by atoms with Crippen molar-refractivity contribution in [3.63, 3.8) is 0 Å². The smallest absolute Gasteiger partial charge is 0.339 e. The van der Waals surface area contributed by atoms with Gasteiger partial charge in [-0.15, -0.1) is 0 Å². The Morgan fingerprint density at radius 2 is 1.52 bits per heavy atom. The van der Waals surface area contributed by atoms with Crippen molar-refractivity contribution in [2.75, 3.05) is 5.32 Å². The average Bonchev–Trinajstić information content (AvgIpc) is 2.62. The van der Waals surface area contributed by atoms with Gasteiger partial charge in [-0.25, -0.2) is 9.97 Å². The van der Waals surface area contributed by atoms with E-state index in [4.69, 9.17) is 11.6 Å². The normalized spacial score (nSPS) is 12.1. The van der Waals surface area contributed by atoms with Gasteiger partial charge in [0.2, 0.25) is 0 Å². The zero-order chi connectivity index (χ0) is 21.2. The Morgan fingerprint density at radius 3 is 2.21 bits per heavy atom. The molecule has 0 fully saturated rings. The highest BCUT2D eigenvalue weighted by Gasteiger charge is 2.31. The van der Waals surface area contributed by atoms with E-state index in [1.165, 1.54) is 18.2 Å². The zero-order valence-corrected chi connectivity index (χ0v) is 15.2. The molecule has 1 heterocycles. The molecule has 0 aliphatic heterocycles. The van der Waals surface area contributed by atoms with Gasteiger partial charge in [0, 0.05) is 12.5 Å². The molecule has 0 aliphatic carbocycles. The van der Waals surface area contributed by atoms with Crippen molar-refractivity contribution in [3.8, 4) is 0 Å². The molecule has 1 aromatic heterocycles. The minimum Gasteiger partial charge on any atom is -0.339 e. The highest BCUT2D eigenvalue weighted by molar-refractivity contribution is 6.33. The molecule has 29 heavy (non-hydrogen) atoms. The summed E-state index contributed by atoms with van der Waals surface area (Å²) in [6.45, 7) is 0. The molecule has 0 radical (unpaired) electrons. The van der Waals surface area contributed by atoms with Gasteiger partial charge in [-0.2, -0.15) is 26.3 Å². The number of aromatic nitrogens is 2. The molecule has 3 aromatic rings. The van der Waals surface area contributed by atoms with E-state index in [0.29, 0.717) is 11.3 Å². The number of nitrogens with one attached hydrogen (secondary N) is 1. The van der Waals surface area contributed by atoms with E-state index in [1.807, 2.05) is 0 Å². The Kier molecular flexibility index (Phi) is 5.70. The van der Waals surface area contributed by atoms with Crippen LogP contribution in [0.15, 0.2) is 54.9 Å². The van der Waals surface area contributed by atoms with Gasteiger partial charge in [0.15, 0.2) is 0 Å². The lowest BCUT2D eigenvalue weighted by atomic mass is 10.1. The van der Waals surface area contributed by atoms with Crippen molar-refractivity contribution < 1.29 is 26.3 Å². The summed E-state index contributed by atoms with van der Waals surface area (Å²) in [7, 11) is 0. The van der Waals surface area contributed by atoms with E-state index in [9.17, 15) is 26.3 Å². The van der Waals surface area contributed by atoms with E-state index < -0.39 is 23.5 Å². The third-order valence-corrected chi connectivity index (χ3v) is 4.25. The van der Waals surface area contributed by atoms with Crippen LogP contribution in [0.4, 0.5) is 37.8 Å². The van der Waals surface area contributed by atoms with Gasteiger partial charge in [0.05, 0.1) is 27.5 Å². The van der Waals surface area contributed by atoms with Gasteiger partial charge in [-0.1, -0.05) is 29.8 Å². The molecule has 0 unspecified atom stereocenters. The van der Waals surface area contributed by atoms with E-state index in [0.717, 1.165) is 36.7 Å². The molecule has 0 amide bonds. The standard InChI is InChI=1S/C19H12ClF6N3/c20-15-5-4-13(19(24,25)26)8-16(15)29-17-9-14(27-10-28-17)7-11-2-1-3-12(6-11)18(21,22)23/h1-6,8-10H,7H2,(H,27,28,29). The van der Waals surface area contributed by atoms with E-state index in [-0.39, 0.29) is 22.9 Å². The average molecular weight is 432 g/mol. The Hall–Kier alpha value is -2.81. The fourth-order valence-corrected chi connectivity index (χ4v) is 2.73. The summed E-state index contributed by atoms with van der Waals surface area (Å²) in [5.74, 6) is 0.156. The van der Waals surface area contributed by atoms with E-state index in [1.54, 1.807) is 0 Å². The molecule has 152 valence electrons.